The summed E-state index contributed by atoms with van der Waals surface area (Å²) in [5.74, 6) is 0.634. The van der Waals surface area contributed by atoms with Gasteiger partial charge in [0.15, 0.2) is 0 Å². The van der Waals surface area contributed by atoms with E-state index in [2.05, 4.69) is 5.10 Å². The third kappa shape index (κ3) is 1.93. The minimum Gasteiger partial charge on any atom is -0.497 e. The van der Waals surface area contributed by atoms with Gasteiger partial charge in [-0.3, -0.25) is 0 Å². The quantitative estimate of drug-likeness (QED) is 0.685. The maximum atomic E-state index is 9.24. The number of benzene rings is 1. The van der Waals surface area contributed by atoms with E-state index in [0.717, 1.165) is 0 Å². The van der Waals surface area contributed by atoms with Gasteiger partial charge in [0.25, 0.3) is 0 Å². The molecular formula is C10H11BN2O3. The molecular weight excluding hydrogens is 207 g/mol. The summed E-state index contributed by atoms with van der Waals surface area (Å²) in [7, 11) is 0.0159. The molecule has 0 fully saturated rings. The fourth-order valence-corrected chi connectivity index (χ4v) is 1.48. The number of rotatable bonds is 3. The lowest BCUT2D eigenvalue weighted by Crippen LogP contribution is -2.33. The Hall–Kier alpha value is -1.79. The first kappa shape index (κ1) is 10.7. The number of aromatic nitrogens is 2. The number of methoxy groups -OCH3 is 1. The van der Waals surface area contributed by atoms with E-state index in [4.69, 9.17) is 4.74 Å². The van der Waals surface area contributed by atoms with E-state index in [-0.39, 0.29) is 0 Å². The van der Waals surface area contributed by atoms with E-state index in [1.54, 1.807) is 48.5 Å². The van der Waals surface area contributed by atoms with Crippen LogP contribution in [-0.4, -0.2) is 34.1 Å². The topological polar surface area (TPSA) is 67.5 Å². The zero-order chi connectivity index (χ0) is 11.5. The summed E-state index contributed by atoms with van der Waals surface area (Å²) in [5, 5.41) is 22.5. The van der Waals surface area contributed by atoms with Gasteiger partial charge in [-0.25, -0.2) is 4.68 Å². The van der Waals surface area contributed by atoms with Gasteiger partial charge in [0.05, 0.1) is 12.8 Å². The molecule has 1 heterocycles. The van der Waals surface area contributed by atoms with Crippen molar-refractivity contribution in [2.75, 3.05) is 7.11 Å². The van der Waals surface area contributed by atoms with Crippen LogP contribution in [0.3, 0.4) is 0 Å². The molecule has 16 heavy (non-hydrogen) atoms. The molecule has 0 aliphatic rings. The lowest BCUT2D eigenvalue weighted by atomic mass is 9.79. The normalized spacial score (nSPS) is 10.2. The van der Waals surface area contributed by atoms with Crippen LogP contribution < -0.4 is 10.2 Å². The Bertz CT molecular complexity index is 471. The molecule has 1 aromatic carbocycles. The molecule has 2 N–H and O–H groups in total. The highest BCUT2D eigenvalue weighted by molar-refractivity contribution is 6.60. The molecule has 0 aliphatic carbocycles. The average Bonchev–Trinajstić information content (AvgIpc) is 2.81. The molecule has 2 rings (SSSR count). The standard InChI is InChI=1S/C10H11BN2O3/c1-16-8-3-4-9(11(14)15)10(7-8)13-6-2-5-12-13/h2-7,14-15H,1H3. The van der Waals surface area contributed by atoms with Crippen molar-refractivity contribution in [3.8, 4) is 11.4 Å². The summed E-state index contributed by atoms with van der Waals surface area (Å²) in [4.78, 5) is 0. The van der Waals surface area contributed by atoms with E-state index in [1.807, 2.05) is 0 Å². The fourth-order valence-electron chi connectivity index (χ4n) is 1.48. The molecule has 0 aliphatic heterocycles. The van der Waals surface area contributed by atoms with E-state index >= 15 is 0 Å². The molecule has 0 bridgehead atoms. The Labute approximate surface area is 93.1 Å². The summed E-state index contributed by atoms with van der Waals surface area (Å²) in [5.41, 5.74) is 0.962. The van der Waals surface area contributed by atoms with Gasteiger partial charge in [-0.1, -0.05) is 6.07 Å². The molecule has 0 spiro atoms. The van der Waals surface area contributed by atoms with Crippen molar-refractivity contribution in [3.63, 3.8) is 0 Å². The second kappa shape index (κ2) is 4.38. The van der Waals surface area contributed by atoms with Crippen LogP contribution in [-0.2, 0) is 0 Å². The van der Waals surface area contributed by atoms with Crippen LogP contribution >= 0.6 is 0 Å². The van der Waals surface area contributed by atoms with Crippen LogP contribution in [0.5, 0.6) is 5.75 Å². The van der Waals surface area contributed by atoms with Crippen molar-refractivity contribution < 1.29 is 14.8 Å². The van der Waals surface area contributed by atoms with E-state index in [9.17, 15) is 10.0 Å². The summed E-state index contributed by atoms with van der Waals surface area (Å²) < 4.78 is 6.64. The maximum Gasteiger partial charge on any atom is 0.490 e. The molecule has 82 valence electrons. The van der Waals surface area contributed by atoms with E-state index < -0.39 is 7.12 Å². The third-order valence-electron chi connectivity index (χ3n) is 2.27. The first-order valence-electron chi connectivity index (χ1n) is 4.76. The Morgan fingerprint density at radius 3 is 2.75 bits per heavy atom. The van der Waals surface area contributed by atoms with Gasteiger partial charge in [0.1, 0.15) is 5.75 Å². The Morgan fingerprint density at radius 1 is 1.38 bits per heavy atom. The van der Waals surface area contributed by atoms with Crippen molar-refractivity contribution in [2.24, 2.45) is 0 Å². The first-order chi connectivity index (χ1) is 7.72. The maximum absolute atomic E-state index is 9.24. The molecule has 0 saturated carbocycles. The molecule has 0 unspecified atom stereocenters. The largest absolute Gasteiger partial charge is 0.497 e. The van der Waals surface area contributed by atoms with Gasteiger partial charge < -0.3 is 14.8 Å². The highest BCUT2D eigenvalue weighted by Gasteiger charge is 2.17. The SMILES string of the molecule is COc1ccc(B(O)O)c(-n2cccn2)c1. The molecule has 0 radical (unpaired) electrons. The third-order valence-corrected chi connectivity index (χ3v) is 2.27. The fraction of sp³-hybridized carbons (Fsp3) is 0.100. The molecule has 5 nitrogen and oxygen atoms in total. The van der Waals surface area contributed by atoms with Crippen LogP contribution in [0.4, 0.5) is 0 Å². The van der Waals surface area contributed by atoms with Crippen LogP contribution in [0, 0.1) is 0 Å². The average molecular weight is 218 g/mol. The van der Waals surface area contributed by atoms with Crippen LogP contribution in [0.2, 0.25) is 0 Å². The van der Waals surface area contributed by atoms with Crippen molar-refractivity contribution in [1.82, 2.24) is 9.78 Å². The molecule has 0 saturated heterocycles. The summed E-state index contributed by atoms with van der Waals surface area (Å²) in [6.07, 6.45) is 3.34. The van der Waals surface area contributed by atoms with Gasteiger partial charge in [0.2, 0.25) is 0 Å². The Morgan fingerprint density at radius 2 is 2.19 bits per heavy atom. The van der Waals surface area contributed by atoms with Gasteiger partial charge >= 0.3 is 7.12 Å². The van der Waals surface area contributed by atoms with Crippen LogP contribution in [0.25, 0.3) is 5.69 Å². The van der Waals surface area contributed by atoms with Crippen molar-refractivity contribution >= 4 is 12.6 Å². The minimum absolute atomic E-state index is 0.379. The lowest BCUT2D eigenvalue weighted by molar-refractivity contribution is 0.413. The Kier molecular flexibility index (Phi) is 2.94. The molecule has 0 atom stereocenters. The van der Waals surface area contributed by atoms with Crippen molar-refractivity contribution in [1.29, 1.82) is 0 Å². The highest BCUT2D eigenvalue weighted by Crippen LogP contribution is 2.14. The monoisotopic (exact) mass is 218 g/mol. The zero-order valence-corrected chi connectivity index (χ0v) is 8.74. The first-order valence-corrected chi connectivity index (χ1v) is 4.76. The number of nitrogens with zero attached hydrogens (tertiary/aromatic N) is 2. The number of ether oxygens (including phenoxy) is 1. The van der Waals surface area contributed by atoms with Crippen LogP contribution in [0.15, 0.2) is 36.7 Å². The molecule has 1 aromatic heterocycles. The summed E-state index contributed by atoms with van der Waals surface area (Å²) in [6, 6.07) is 6.72. The predicted octanol–water partition coefficient (Wildman–Crippen LogP) is -0.439. The van der Waals surface area contributed by atoms with Gasteiger partial charge in [0, 0.05) is 23.9 Å². The van der Waals surface area contributed by atoms with Gasteiger partial charge in [-0.2, -0.15) is 5.10 Å². The second-order valence-corrected chi connectivity index (χ2v) is 3.25. The summed E-state index contributed by atoms with van der Waals surface area (Å²) in [6.45, 7) is 0. The Balaban J connectivity index is 2.55. The number of hydrogen-bond acceptors (Lipinski definition) is 4. The van der Waals surface area contributed by atoms with Crippen molar-refractivity contribution in [3.05, 3.63) is 36.7 Å². The highest BCUT2D eigenvalue weighted by atomic mass is 16.5. The summed E-state index contributed by atoms with van der Waals surface area (Å²) >= 11 is 0. The van der Waals surface area contributed by atoms with E-state index in [0.29, 0.717) is 16.9 Å². The predicted molar refractivity (Wildman–Crippen MR) is 59.9 cm³/mol. The smallest absolute Gasteiger partial charge is 0.490 e. The zero-order valence-electron chi connectivity index (χ0n) is 8.74. The van der Waals surface area contributed by atoms with Crippen molar-refractivity contribution in [2.45, 2.75) is 0 Å². The minimum atomic E-state index is -1.54. The number of hydrogen-bond donors (Lipinski definition) is 2. The van der Waals surface area contributed by atoms with Gasteiger partial charge in [-0.15, -0.1) is 0 Å². The molecule has 6 heteroatoms. The van der Waals surface area contributed by atoms with Gasteiger partial charge in [-0.05, 0) is 12.1 Å². The second-order valence-electron chi connectivity index (χ2n) is 3.25. The molecule has 2 aromatic rings. The van der Waals surface area contributed by atoms with Crippen LogP contribution in [0.1, 0.15) is 0 Å². The molecule has 0 amide bonds. The lowest BCUT2D eigenvalue weighted by Gasteiger charge is -2.10. The van der Waals surface area contributed by atoms with E-state index in [1.165, 1.54) is 0 Å².